The molecule has 1 saturated heterocycles. The molecule has 5 aliphatic rings. The summed E-state index contributed by atoms with van der Waals surface area (Å²) in [5.74, 6) is 1.52. The first kappa shape index (κ1) is 15.9. The van der Waals surface area contributed by atoms with Crippen LogP contribution >= 0.6 is 0 Å². The molecule has 2 bridgehead atoms. The van der Waals surface area contributed by atoms with Crippen LogP contribution in [-0.2, 0) is 19.1 Å². The van der Waals surface area contributed by atoms with Crippen LogP contribution in [-0.4, -0.2) is 30.1 Å². The van der Waals surface area contributed by atoms with Crippen LogP contribution in [0.3, 0.4) is 0 Å². The molecule has 0 spiro atoms. The van der Waals surface area contributed by atoms with Crippen molar-refractivity contribution in [1.29, 1.82) is 0 Å². The summed E-state index contributed by atoms with van der Waals surface area (Å²) >= 11 is 0. The first-order valence-electron chi connectivity index (χ1n) is 9.76. The minimum Gasteiger partial charge on any atom is -0.373 e. The maximum atomic E-state index is 13.4. The molecule has 3 saturated carbocycles. The highest BCUT2D eigenvalue weighted by Gasteiger charge is 2.67. The van der Waals surface area contributed by atoms with Gasteiger partial charge in [-0.2, -0.15) is 0 Å². The number of ketones is 3. The van der Waals surface area contributed by atoms with E-state index in [0.717, 1.165) is 31.3 Å². The van der Waals surface area contributed by atoms with Gasteiger partial charge < -0.3 is 4.74 Å². The predicted octanol–water partition coefficient (Wildman–Crippen LogP) is 2.89. The fraction of sp³-hybridized carbons (Fsp3) is 0.762. The van der Waals surface area contributed by atoms with E-state index in [1.165, 1.54) is 0 Å². The molecule has 7 atom stereocenters. The molecular weight excluding hydrogens is 316 g/mol. The summed E-state index contributed by atoms with van der Waals surface area (Å²) in [6.45, 7) is 4.47. The van der Waals surface area contributed by atoms with E-state index in [9.17, 15) is 14.4 Å². The van der Waals surface area contributed by atoms with Crippen LogP contribution in [0.1, 0.15) is 52.4 Å². The molecule has 4 aliphatic carbocycles. The van der Waals surface area contributed by atoms with Crippen molar-refractivity contribution in [3.8, 4) is 0 Å². The summed E-state index contributed by atoms with van der Waals surface area (Å²) in [7, 11) is 0. The molecule has 25 heavy (non-hydrogen) atoms. The van der Waals surface area contributed by atoms with Crippen molar-refractivity contribution in [2.75, 3.05) is 6.61 Å². The molecular formula is C21H26O4. The van der Waals surface area contributed by atoms with E-state index in [-0.39, 0.29) is 40.3 Å². The van der Waals surface area contributed by atoms with Crippen molar-refractivity contribution in [3.05, 3.63) is 11.6 Å². The highest BCUT2D eigenvalue weighted by Crippen LogP contribution is 2.67. The average Bonchev–Trinajstić information content (AvgIpc) is 3.01. The molecule has 4 fully saturated rings. The van der Waals surface area contributed by atoms with Crippen molar-refractivity contribution >= 4 is 17.3 Å². The second-order valence-corrected chi connectivity index (χ2v) is 9.39. The molecule has 0 unspecified atom stereocenters. The van der Waals surface area contributed by atoms with E-state index in [4.69, 9.17) is 4.74 Å². The molecule has 1 heterocycles. The standard InChI is InChI=1S/C21H26O4/c1-11(22)14-3-4-15-13-8-18-16-7-12(23)5-6-21(16,10-25-18)19(13)17(24)9-20(14,15)2/h7,13-15,18-19H,3-6,8-10H2,1-2H3/t13-,14+,15-,18+,19+,20+,21+/m0/s1. The fourth-order valence-corrected chi connectivity index (χ4v) is 7.52. The predicted molar refractivity (Wildman–Crippen MR) is 90.7 cm³/mol. The number of rotatable bonds is 1. The quantitative estimate of drug-likeness (QED) is 0.735. The third kappa shape index (κ3) is 1.84. The largest absolute Gasteiger partial charge is 0.373 e. The van der Waals surface area contributed by atoms with Crippen LogP contribution in [0.5, 0.6) is 0 Å². The van der Waals surface area contributed by atoms with Crippen LogP contribution < -0.4 is 0 Å². The Hall–Kier alpha value is -1.29. The highest BCUT2D eigenvalue weighted by atomic mass is 16.5. The molecule has 4 heteroatoms. The molecule has 134 valence electrons. The Morgan fingerprint density at radius 2 is 2.08 bits per heavy atom. The SMILES string of the molecule is CC(=O)[C@H]1CC[C@H]2[C@@H]3C[C@H]4OC[C@@]5(CCC(=O)C=C45)[C@H]3C(=O)C[C@]12C. The third-order valence-corrected chi connectivity index (χ3v) is 8.43. The molecule has 4 nitrogen and oxygen atoms in total. The summed E-state index contributed by atoms with van der Waals surface area (Å²) in [4.78, 5) is 37.6. The molecule has 0 radical (unpaired) electrons. The molecule has 1 aliphatic heterocycles. The number of fused-ring (bicyclic) bond motifs is 3. The summed E-state index contributed by atoms with van der Waals surface area (Å²) in [6.07, 6.45) is 6.46. The van der Waals surface area contributed by atoms with Gasteiger partial charge in [-0.05, 0) is 61.5 Å². The van der Waals surface area contributed by atoms with E-state index in [1.807, 2.05) is 0 Å². The molecule has 0 N–H and O–H groups in total. The smallest absolute Gasteiger partial charge is 0.155 e. The Bertz CT molecular complexity index is 721. The summed E-state index contributed by atoms with van der Waals surface area (Å²) in [5, 5.41) is 0. The maximum Gasteiger partial charge on any atom is 0.155 e. The summed E-state index contributed by atoms with van der Waals surface area (Å²) < 4.78 is 6.12. The minimum atomic E-state index is -0.228. The van der Waals surface area contributed by atoms with Gasteiger partial charge in [-0.1, -0.05) is 6.92 Å². The first-order chi connectivity index (χ1) is 11.9. The van der Waals surface area contributed by atoms with Gasteiger partial charge >= 0.3 is 0 Å². The summed E-state index contributed by atoms with van der Waals surface area (Å²) in [6, 6.07) is 0. The van der Waals surface area contributed by atoms with Crippen LogP contribution in [0, 0.1) is 34.5 Å². The van der Waals surface area contributed by atoms with Gasteiger partial charge in [0, 0.05) is 30.1 Å². The zero-order valence-electron chi connectivity index (χ0n) is 15.0. The topological polar surface area (TPSA) is 60.4 Å². The Kier molecular flexibility index (Phi) is 3.13. The number of hydrogen-bond donors (Lipinski definition) is 0. The molecule has 0 aromatic heterocycles. The maximum absolute atomic E-state index is 13.4. The Morgan fingerprint density at radius 3 is 2.84 bits per heavy atom. The lowest BCUT2D eigenvalue weighted by Gasteiger charge is -2.55. The zero-order valence-corrected chi connectivity index (χ0v) is 15.0. The highest BCUT2D eigenvalue weighted by molar-refractivity contribution is 5.94. The van der Waals surface area contributed by atoms with Gasteiger partial charge in [-0.15, -0.1) is 0 Å². The fourth-order valence-electron chi connectivity index (χ4n) is 7.52. The van der Waals surface area contributed by atoms with Gasteiger partial charge in [0.25, 0.3) is 0 Å². The zero-order chi connectivity index (χ0) is 17.6. The normalized spacial score (nSPS) is 50.8. The van der Waals surface area contributed by atoms with Gasteiger partial charge in [0.15, 0.2) is 5.78 Å². The second-order valence-electron chi connectivity index (χ2n) is 9.39. The van der Waals surface area contributed by atoms with E-state index >= 15 is 0 Å². The minimum absolute atomic E-state index is 0.00520. The van der Waals surface area contributed by atoms with E-state index in [0.29, 0.717) is 37.1 Å². The number of hydrogen-bond acceptors (Lipinski definition) is 4. The molecule has 5 rings (SSSR count). The Morgan fingerprint density at radius 1 is 1.28 bits per heavy atom. The van der Waals surface area contributed by atoms with Gasteiger partial charge in [0.1, 0.15) is 11.6 Å². The van der Waals surface area contributed by atoms with Gasteiger partial charge in [-0.25, -0.2) is 0 Å². The van der Waals surface area contributed by atoms with Crippen molar-refractivity contribution in [2.45, 2.75) is 58.5 Å². The Balaban J connectivity index is 1.59. The van der Waals surface area contributed by atoms with Crippen molar-refractivity contribution < 1.29 is 19.1 Å². The number of carbonyl (C=O) groups is 3. The van der Waals surface area contributed by atoms with Crippen molar-refractivity contribution in [1.82, 2.24) is 0 Å². The van der Waals surface area contributed by atoms with E-state index in [1.54, 1.807) is 13.0 Å². The molecule has 0 aromatic rings. The van der Waals surface area contributed by atoms with Gasteiger partial charge in [-0.3, -0.25) is 14.4 Å². The van der Waals surface area contributed by atoms with Crippen LogP contribution in [0.25, 0.3) is 0 Å². The molecule has 0 amide bonds. The Labute approximate surface area is 148 Å². The van der Waals surface area contributed by atoms with Crippen molar-refractivity contribution in [3.63, 3.8) is 0 Å². The lowest BCUT2D eigenvalue weighted by Crippen LogP contribution is -2.56. The van der Waals surface area contributed by atoms with E-state index < -0.39 is 0 Å². The third-order valence-electron chi connectivity index (χ3n) is 8.43. The number of carbonyl (C=O) groups excluding carboxylic acids is 3. The van der Waals surface area contributed by atoms with E-state index in [2.05, 4.69) is 6.92 Å². The monoisotopic (exact) mass is 342 g/mol. The lowest BCUT2D eigenvalue weighted by molar-refractivity contribution is -0.147. The summed E-state index contributed by atoms with van der Waals surface area (Å²) in [5.41, 5.74) is 0.711. The van der Waals surface area contributed by atoms with Crippen molar-refractivity contribution in [2.24, 2.45) is 34.5 Å². The number of ether oxygens (including phenoxy) is 1. The van der Waals surface area contributed by atoms with Crippen LogP contribution in [0.2, 0.25) is 0 Å². The first-order valence-corrected chi connectivity index (χ1v) is 9.76. The second kappa shape index (κ2) is 4.91. The van der Waals surface area contributed by atoms with Gasteiger partial charge in [0.2, 0.25) is 0 Å². The average molecular weight is 342 g/mol. The van der Waals surface area contributed by atoms with Crippen LogP contribution in [0.15, 0.2) is 11.6 Å². The van der Waals surface area contributed by atoms with Gasteiger partial charge in [0.05, 0.1) is 12.7 Å². The van der Waals surface area contributed by atoms with Crippen LogP contribution in [0.4, 0.5) is 0 Å². The molecule has 0 aromatic carbocycles. The number of Topliss-reactive ketones (excluding diaryl/α,β-unsaturated/α-hetero) is 2. The lowest BCUT2D eigenvalue weighted by atomic mass is 9.46.